The summed E-state index contributed by atoms with van der Waals surface area (Å²) in [6, 6.07) is 20.4. The molecule has 0 amide bonds. The number of rotatable bonds is 3. The number of anilines is 1. The van der Waals surface area contributed by atoms with Crippen molar-refractivity contribution >= 4 is 5.82 Å². The predicted octanol–water partition coefficient (Wildman–Crippen LogP) is 3.25. The van der Waals surface area contributed by atoms with Gasteiger partial charge in [-0.1, -0.05) is 60.7 Å². The van der Waals surface area contributed by atoms with Crippen molar-refractivity contribution in [2.45, 2.75) is 6.42 Å². The van der Waals surface area contributed by atoms with E-state index in [1.54, 1.807) is 0 Å². The Morgan fingerprint density at radius 3 is 2.21 bits per heavy atom. The van der Waals surface area contributed by atoms with Crippen LogP contribution < -0.4 is 5.73 Å². The topological polar surface area (TPSA) is 54.7 Å². The van der Waals surface area contributed by atoms with Crippen LogP contribution in [-0.2, 0) is 6.42 Å². The number of aromatic amines is 1. The number of aromatic nitrogens is 2. The second kappa shape index (κ2) is 4.98. The van der Waals surface area contributed by atoms with Crippen LogP contribution in [0.2, 0.25) is 0 Å². The fourth-order valence-corrected chi connectivity index (χ4v) is 2.20. The molecule has 0 aliphatic heterocycles. The fraction of sp³-hybridized carbons (Fsp3) is 0.0625. The number of H-pyrrole nitrogens is 1. The summed E-state index contributed by atoms with van der Waals surface area (Å²) in [5, 5.41) is 7.18. The quantitative estimate of drug-likeness (QED) is 0.748. The maximum Gasteiger partial charge on any atom is 0.149 e. The average Bonchev–Trinajstić information content (AvgIpc) is 2.82. The highest BCUT2D eigenvalue weighted by atomic mass is 15.2. The van der Waals surface area contributed by atoms with Crippen LogP contribution in [0.4, 0.5) is 5.82 Å². The molecule has 0 atom stereocenters. The van der Waals surface area contributed by atoms with Crippen molar-refractivity contribution in [1.29, 1.82) is 0 Å². The maximum atomic E-state index is 5.98. The van der Waals surface area contributed by atoms with E-state index < -0.39 is 0 Å². The first-order valence-corrected chi connectivity index (χ1v) is 6.26. The van der Waals surface area contributed by atoms with Crippen LogP contribution >= 0.6 is 0 Å². The van der Waals surface area contributed by atoms with E-state index in [9.17, 15) is 0 Å². The van der Waals surface area contributed by atoms with Crippen molar-refractivity contribution in [3.63, 3.8) is 0 Å². The predicted molar refractivity (Wildman–Crippen MR) is 77.7 cm³/mol. The first-order chi connectivity index (χ1) is 9.34. The van der Waals surface area contributed by atoms with Gasteiger partial charge in [0.2, 0.25) is 0 Å². The van der Waals surface area contributed by atoms with E-state index in [1.165, 1.54) is 5.56 Å². The smallest absolute Gasteiger partial charge is 0.149 e. The zero-order valence-electron chi connectivity index (χ0n) is 10.5. The van der Waals surface area contributed by atoms with Crippen LogP contribution in [0.3, 0.4) is 0 Å². The molecule has 0 aliphatic rings. The van der Waals surface area contributed by atoms with Crippen molar-refractivity contribution in [3.8, 4) is 11.3 Å². The highest BCUT2D eigenvalue weighted by Gasteiger charge is 2.12. The van der Waals surface area contributed by atoms with Crippen LogP contribution in [0.5, 0.6) is 0 Å². The SMILES string of the molecule is Nc1n[nH]c(-c2ccccc2)c1Cc1ccccc1. The molecular formula is C16H15N3. The van der Waals surface area contributed by atoms with E-state index in [0.29, 0.717) is 5.82 Å². The van der Waals surface area contributed by atoms with Crippen LogP contribution in [0.15, 0.2) is 60.7 Å². The van der Waals surface area contributed by atoms with Gasteiger partial charge < -0.3 is 5.73 Å². The van der Waals surface area contributed by atoms with Crippen LogP contribution in [0.25, 0.3) is 11.3 Å². The van der Waals surface area contributed by atoms with Gasteiger partial charge in [-0.3, -0.25) is 5.10 Å². The molecule has 3 aromatic rings. The summed E-state index contributed by atoms with van der Waals surface area (Å²) in [4.78, 5) is 0. The number of nitrogen functional groups attached to an aromatic ring is 1. The third-order valence-corrected chi connectivity index (χ3v) is 3.19. The molecule has 3 heteroatoms. The number of nitrogens with two attached hydrogens (primary N) is 1. The minimum atomic E-state index is 0.572. The third kappa shape index (κ3) is 2.36. The molecule has 3 N–H and O–H groups in total. The number of nitrogens with zero attached hydrogens (tertiary/aromatic N) is 1. The molecule has 0 saturated heterocycles. The van der Waals surface area contributed by atoms with E-state index in [-0.39, 0.29) is 0 Å². The Morgan fingerprint density at radius 2 is 1.53 bits per heavy atom. The molecular weight excluding hydrogens is 234 g/mol. The summed E-state index contributed by atoms with van der Waals surface area (Å²) >= 11 is 0. The molecule has 0 bridgehead atoms. The van der Waals surface area contributed by atoms with Gasteiger partial charge in [-0.25, -0.2) is 0 Å². The molecule has 1 heterocycles. The average molecular weight is 249 g/mol. The Labute approximate surface area is 112 Å². The van der Waals surface area contributed by atoms with E-state index in [1.807, 2.05) is 36.4 Å². The van der Waals surface area contributed by atoms with Crippen molar-refractivity contribution in [3.05, 3.63) is 71.8 Å². The Hall–Kier alpha value is -2.55. The highest BCUT2D eigenvalue weighted by Crippen LogP contribution is 2.27. The van der Waals surface area contributed by atoms with Gasteiger partial charge in [0, 0.05) is 12.0 Å². The van der Waals surface area contributed by atoms with Crippen LogP contribution in [0, 0.1) is 0 Å². The lowest BCUT2D eigenvalue weighted by Gasteiger charge is -2.04. The lowest BCUT2D eigenvalue weighted by atomic mass is 10.0. The summed E-state index contributed by atoms with van der Waals surface area (Å²) in [5.74, 6) is 0.572. The van der Waals surface area contributed by atoms with Crippen molar-refractivity contribution in [2.75, 3.05) is 5.73 Å². The van der Waals surface area contributed by atoms with Gasteiger partial charge in [0.1, 0.15) is 5.82 Å². The molecule has 0 unspecified atom stereocenters. The van der Waals surface area contributed by atoms with Gasteiger partial charge in [-0.15, -0.1) is 0 Å². The van der Waals surface area contributed by atoms with Crippen molar-refractivity contribution in [1.82, 2.24) is 10.2 Å². The summed E-state index contributed by atoms with van der Waals surface area (Å²) in [5.41, 5.74) is 10.4. The molecule has 1 aromatic heterocycles. The van der Waals surface area contributed by atoms with Crippen LogP contribution in [0.1, 0.15) is 11.1 Å². The van der Waals surface area contributed by atoms with Gasteiger partial charge >= 0.3 is 0 Å². The summed E-state index contributed by atoms with van der Waals surface area (Å²) in [6.45, 7) is 0. The van der Waals surface area contributed by atoms with Gasteiger partial charge in [0.25, 0.3) is 0 Å². The summed E-state index contributed by atoms with van der Waals surface area (Å²) in [7, 11) is 0. The van der Waals surface area contributed by atoms with Gasteiger partial charge in [-0.2, -0.15) is 5.10 Å². The van der Waals surface area contributed by atoms with E-state index >= 15 is 0 Å². The number of benzene rings is 2. The highest BCUT2D eigenvalue weighted by molar-refractivity contribution is 5.68. The number of hydrogen-bond acceptors (Lipinski definition) is 2. The molecule has 0 radical (unpaired) electrons. The minimum Gasteiger partial charge on any atom is -0.382 e. The second-order valence-electron chi connectivity index (χ2n) is 4.49. The lowest BCUT2D eigenvalue weighted by Crippen LogP contribution is -1.95. The largest absolute Gasteiger partial charge is 0.382 e. The maximum absolute atomic E-state index is 5.98. The zero-order chi connectivity index (χ0) is 13.1. The normalized spacial score (nSPS) is 10.5. The first kappa shape index (κ1) is 11.5. The van der Waals surface area contributed by atoms with Gasteiger partial charge in [0.15, 0.2) is 0 Å². The first-order valence-electron chi connectivity index (χ1n) is 6.26. The standard InChI is InChI=1S/C16H15N3/c17-16-14(11-12-7-3-1-4-8-12)15(18-19-16)13-9-5-2-6-10-13/h1-10H,11H2,(H3,17,18,19). The lowest BCUT2D eigenvalue weighted by molar-refractivity contribution is 1.10. The van der Waals surface area contributed by atoms with Gasteiger partial charge in [-0.05, 0) is 11.1 Å². The number of hydrogen-bond donors (Lipinski definition) is 2. The Kier molecular flexibility index (Phi) is 3.02. The van der Waals surface area contributed by atoms with E-state index in [0.717, 1.165) is 23.2 Å². The minimum absolute atomic E-state index is 0.572. The van der Waals surface area contributed by atoms with Crippen molar-refractivity contribution < 1.29 is 0 Å². The van der Waals surface area contributed by atoms with Crippen molar-refractivity contribution in [2.24, 2.45) is 0 Å². The Morgan fingerprint density at radius 1 is 0.895 bits per heavy atom. The second-order valence-corrected chi connectivity index (χ2v) is 4.49. The Bertz CT molecular complexity index is 657. The molecule has 0 fully saturated rings. The summed E-state index contributed by atoms with van der Waals surface area (Å²) in [6.07, 6.45) is 0.785. The molecule has 3 rings (SSSR count). The number of nitrogens with one attached hydrogen (secondary N) is 1. The van der Waals surface area contributed by atoms with Gasteiger partial charge in [0.05, 0.1) is 5.69 Å². The molecule has 2 aromatic carbocycles. The molecule has 19 heavy (non-hydrogen) atoms. The molecule has 0 saturated carbocycles. The third-order valence-electron chi connectivity index (χ3n) is 3.19. The molecule has 0 spiro atoms. The Balaban J connectivity index is 2.00. The monoisotopic (exact) mass is 249 g/mol. The molecule has 0 aliphatic carbocycles. The van der Waals surface area contributed by atoms with Crippen LogP contribution in [-0.4, -0.2) is 10.2 Å². The van der Waals surface area contributed by atoms with E-state index in [2.05, 4.69) is 34.5 Å². The fourth-order valence-electron chi connectivity index (χ4n) is 2.20. The molecule has 94 valence electrons. The molecule has 3 nitrogen and oxygen atoms in total. The zero-order valence-corrected chi connectivity index (χ0v) is 10.5. The van der Waals surface area contributed by atoms with E-state index in [4.69, 9.17) is 5.73 Å². The summed E-state index contributed by atoms with van der Waals surface area (Å²) < 4.78 is 0.